The van der Waals surface area contributed by atoms with Crippen molar-refractivity contribution in [3.8, 4) is 5.75 Å². The lowest BCUT2D eigenvalue weighted by molar-refractivity contribution is 0.243. The van der Waals surface area contributed by atoms with Gasteiger partial charge in [0.25, 0.3) is 0 Å². The van der Waals surface area contributed by atoms with Crippen LogP contribution >= 0.6 is 0 Å². The molecule has 0 unspecified atom stereocenters. The summed E-state index contributed by atoms with van der Waals surface area (Å²) in [6.45, 7) is 5.55. The Morgan fingerprint density at radius 1 is 1.33 bits per heavy atom. The molecule has 4 heteroatoms. The predicted molar refractivity (Wildman–Crippen MR) is 83.3 cm³/mol. The van der Waals surface area contributed by atoms with E-state index < -0.39 is 0 Å². The average Bonchev–Trinajstić information content (AvgIpc) is 3.14. The van der Waals surface area contributed by atoms with Crippen LogP contribution in [0.15, 0.2) is 43.0 Å². The lowest BCUT2D eigenvalue weighted by Crippen LogP contribution is -2.27. The predicted octanol–water partition coefficient (Wildman–Crippen LogP) is 2.97. The molecule has 1 saturated heterocycles. The topological polar surface area (TPSA) is 30.3 Å². The molecule has 1 aliphatic rings. The number of aromatic nitrogens is 2. The number of hydrogen-bond acceptors (Lipinski definition) is 3. The molecule has 0 bridgehead atoms. The Morgan fingerprint density at radius 2 is 2.24 bits per heavy atom. The second-order valence-electron chi connectivity index (χ2n) is 5.93. The molecule has 0 aliphatic carbocycles. The van der Waals surface area contributed by atoms with Crippen molar-refractivity contribution < 1.29 is 4.74 Å². The highest BCUT2D eigenvalue weighted by molar-refractivity contribution is 5.31. The molecule has 2 aromatic rings. The van der Waals surface area contributed by atoms with Gasteiger partial charge in [-0.05, 0) is 30.0 Å². The van der Waals surface area contributed by atoms with Crippen LogP contribution in [0.3, 0.4) is 0 Å². The zero-order chi connectivity index (χ0) is 14.7. The Balaban J connectivity index is 1.72. The Kier molecular flexibility index (Phi) is 4.25. The van der Waals surface area contributed by atoms with Gasteiger partial charge >= 0.3 is 0 Å². The fourth-order valence-corrected chi connectivity index (χ4v) is 3.24. The molecule has 21 heavy (non-hydrogen) atoms. The number of ether oxygens (including phenoxy) is 1. The lowest BCUT2D eigenvalue weighted by Gasteiger charge is -2.25. The van der Waals surface area contributed by atoms with Gasteiger partial charge in [-0.25, -0.2) is 4.98 Å². The Bertz CT molecular complexity index is 567. The Hall–Kier alpha value is -1.81. The van der Waals surface area contributed by atoms with Gasteiger partial charge in [-0.2, -0.15) is 0 Å². The molecule has 112 valence electrons. The number of benzene rings is 1. The highest BCUT2D eigenvalue weighted by atomic mass is 16.5. The first-order chi connectivity index (χ1) is 10.3. The molecule has 0 radical (unpaired) electrons. The molecule has 1 aliphatic heterocycles. The van der Waals surface area contributed by atoms with Gasteiger partial charge in [0.2, 0.25) is 0 Å². The van der Waals surface area contributed by atoms with Gasteiger partial charge in [-0.15, -0.1) is 0 Å². The van der Waals surface area contributed by atoms with Gasteiger partial charge in [-0.3, -0.25) is 4.90 Å². The highest BCUT2D eigenvalue weighted by Crippen LogP contribution is 2.36. The molecule has 1 aromatic carbocycles. The van der Waals surface area contributed by atoms with Crippen molar-refractivity contribution >= 4 is 0 Å². The number of hydrogen-bond donors (Lipinski definition) is 0. The molecule has 0 spiro atoms. The van der Waals surface area contributed by atoms with Crippen LogP contribution in [0, 0.1) is 5.92 Å². The van der Waals surface area contributed by atoms with E-state index in [1.54, 1.807) is 7.11 Å². The average molecular weight is 285 g/mol. The van der Waals surface area contributed by atoms with Crippen molar-refractivity contribution in [2.75, 3.05) is 20.2 Å². The van der Waals surface area contributed by atoms with E-state index >= 15 is 0 Å². The third kappa shape index (κ3) is 3.27. The quantitative estimate of drug-likeness (QED) is 0.846. The van der Waals surface area contributed by atoms with E-state index in [1.807, 2.05) is 24.8 Å². The molecule has 1 fully saturated rings. The molecular weight excluding hydrogens is 262 g/mol. The van der Waals surface area contributed by atoms with E-state index in [0.717, 1.165) is 31.3 Å². The third-order valence-corrected chi connectivity index (χ3v) is 4.30. The van der Waals surface area contributed by atoms with Gasteiger partial charge in [0.05, 0.1) is 13.4 Å². The van der Waals surface area contributed by atoms with Crippen molar-refractivity contribution in [2.45, 2.75) is 25.9 Å². The summed E-state index contributed by atoms with van der Waals surface area (Å²) in [7, 11) is 1.73. The van der Waals surface area contributed by atoms with Crippen LogP contribution in [0.2, 0.25) is 0 Å². The van der Waals surface area contributed by atoms with Crippen LogP contribution in [0.5, 0.6) is 5.75 Å². The minimum atomic E-state index is 0.499. The van der Waals surface area contributed by atoms with E-state index in [9.17, 15) is 0 Å². The lowest BCUT2D eigenvalue weighted by atomic mass is 10.0. The van der Waals surface area contributed by atoms with Crippen molar-refractivity contribution in [1.82, 2.24) is 14.5 Å². The van der Waals surface area contributed by atoms with Crippen molar-refractivity contribution in [2.24, 2.45) is 5.92 Å². The van der Waals surface area contributed by atoms with E-state index in [2.05, 4.69) is 39.6 Å². The first-order valence-corrected chi connectivity index (χ1v) is 7.60. The third-order valence-electron chi connectivity index (χ3n) is 4.30. The number of likely N-dealkylation sites (tertiary alicyclic amines) is 1. The molecular formula is C17H23N3O. The molecule has 0 saturated carbocycles. The minimum Gasteiger partial charge on any atom is -0.497 e. The molecule has 3 rings (SSSR count). The van der Waals surface area contributed by atoms with Crippen LogP contribution < -0.4 is 4.74 Å². The van der Waals surface area contributed by atoms with Crippen LogP contribution in [0.4, 0.5) is 0 Å². The molecule has 4 nitrogen and oxygen atoms in total. The summed E-state index contributed by atoms with van der Waals surface area (Å²) in [5.41, 5.74) is 1.37. The fraction of sp³-hybridized carbons (Fsp3) is 0.471. The van der Waals surface area contributed by atoms with E-state index in [1.165, 1.54) is 12.0 Å². The molecule has 2 heterocycles. The van der Waals surface area contributed by atoms with Crippen LogP contribution in [-0.4, -0.2) is 34.7 Å². The van der Waals surface area contributed by atoms with Crippen LogP contribution in [-0.2, 0) is 6.54 Å². The largest absolute Gasteiger partial charge is 0.497 e. The second kappa shape index (κ2) is 6.31. The highest BCUT2D eigenvalue weighted by Gasteiger charge is 2.30. The molecule has 1 aromatic heterocycles. The number of nitrogens with zero attached hydrogens (tertiary/aromatic N) is 3. The van der Waals surface area contributed by atoms with E-state index in [4.69, 9.17) is 4.74 Å². The molecule has 0 amide bonds. The zero-order valence-corrected chi connectivity index (χ0v) is 12.8. The van der Waals surface area contributed by atoms with Gasteiger partial charge in [0.15, 0.2) is 0 Å². The number of methoxy groups -OCH3 is 1. The SMILES string of the molecule is COc1cccc([C@@H]2C[C@H](C)CN2CCn2ccnc2)c1. The Morgan fingerprint density at radius 3 is 3.00 bits per heavy atom. The summed E-state index contributed by atoms with van der Waals surface area (Å²) in [6.07, 6.45) is 6.98. The van der Waals surface area contributed by atoms with Crippen molar-refractivity contribution in [1.29, 1.82) is 0 Å². The summed E-state index contributed by atoms with van der Waals surface area (Å²) in [6, 6.07) is 8.99. The van der Waals surface area contributed by atoms with Gasteiger partial charge < -0.3 is 9.30 Å². The summed E-state index contributed by atoms with van der Waals surface area (Å²) in [5.74, 6) is 1.69. The van der Waals surface area contributed by atoms with Crippen molar-refractivity contribution in [3.05, 3.63) is 48.5 Å². The van der Waals surface area contributed by atoms with Crippen LogP contribution in [0.1, 0.15) is 24.9 Å². The molecule has 0 N–H and O–H groups in total. The Labute approximate surface area is 126 Å². The minimum absolute atomic E-state index is 0.499. The monoisotopic (exact) mass is 285 g/mol. The summed E-state index contributed by atoms with van der Waals surface area (Å²) in [5, 5.41) is 0. The standard InChI is InChI=1S/C17H23N3O/c1-14-10-17(15-4-3-5-16(11-15)21-2)20(12-14)9-8-19-7-6-18-13-19/h3-7,11,13-14,17H,8-10,12H2,1-2H3/t14-,17-/m0/s1. The summed E-state index contributed by atoms with van der Waals surface area (Å²) in [4.78, 5) is 6.69. The zero-order valence-electron chi connectivity index (χ0n) is 12.8. The summed E-state index contributed by atoms with van der Waals surface area (Å²) >= 11 is 0. The normalized spacial score (nSPS) is 22.6. The summed E-state index contributed by atoms with van der Waals surface area (Å²) < 4.78 is 7.51. The number of imidazole rings is 1. The second-order valence-corrected chi connectivity index (χ2v) is 5.93. The fourth-order valence-electron chi connectivity index (χ4n) is 3.24. The van der Waals surface area contributed by atoms with Gasteiger partial charge in [0.1, 0.15) is 5.75 Å². The molecule has 2 atom stereocenters. The maximum Gasteiger partial charge on any atom is 0.119 e. The maximum absolute atomic E-state index is 5.36. The maximum atomic E-state index is 5.36. The van der Waals surface area contributed by atoms with Gasteiger partial charge in [-0.1, -0.05) is 19.1 Å². The van der Waals surface area contributed by atoms with Crippen LogP contribution in [0.25, 0.3) is 0 Å². The van der Waals surface area contributed by atoms with E-state index in [0.29, 0.717) is 6.04 Å². The van der Waals surface area contributed by atoms with Gasteiger partial charge in [0, 0.05) is 38.1 Å². The first kappa shape index (κ1) is 14.1. The smallest absolute Gasteiger partial charge is 0.119 e. The first-order valence-electron chi connectivity index (χ1n) is 7.60. The van der Waals surface area contributed by atoms with Crippen molar-refractivity contribution in [3.63, 3.8) is 0 Å². The van der Waals surface area contributed by atoms with E-state index in [-0.39, 0.29) is 0 Å². The number of rotatable bonds is 5.